The topological polar surface area (TPSA) is 103 Å². The van der Waals surface area contributed by atoms with Crippen LogP contribution in [0.4, 0.5) is 5.69 Å². The Morgan fingerprint density at radius 3 is 2.49 bits per heavy atom. The summed E-state index contributed by atoms with van der Waals surface area (Å²) < 4.78 is 5.90. The SMILES string of the molecule is C[C@H](NC(=O)c1ccc2c(c1)OCCN2Cc1ccc(-c2ccccc2C(=O)O)cc1)c1ccc(C#N)cc1. The highest BCUT2D eigenvalue weighted by molar-refractivity contribution is 5.96. The van der Waals surface area contributed by atoms with Crippen LogP contribution in [0.3, 0.4) is 0 Å². The molecule has 0 spiro atoms. The molecule has 0 aromatic heterocycles. The van der Waals surface area contributed by atoms with E-state index < -0.39 is 5.97 Å². The number of carboxylic acid groups (broad SMARTS) is 1. The lowest BCUT2D eigenvalue weighted by Gasteiger charge is -2.31. The largest absolute Gasteiger partial charge is 0.490 e. The first-order chi connectivity index (χ1) is 18.9. The fourth-order valence-corrected chi connectivity index (χ4v) is 4.72. The van der Waals surface area contributed by atoms with E-state index in [1.54, 1.807) is 36.4 Å². The summed E-state index contributed by atoms with van der Waals surface area (Å²) in [6.45, 7) is 3.77. The van der Waals surface area contributed by atoms with Crippen molar-refractivity contribution in [3.63, 3.8) is 0 Å². The first-order valence-corrected chi connectivity index (χ1v) is 12.7. The van der Waals surface area contributed by atoms with Gasteiger partial charge in [-0.1, -0.05) is 54.6 Å². The summed E-state index contributed by atoms with van der Waals surface area (Å²) in [5.41, 5.74) is 5.82. The standard InChI is InChI=1S/C32H27N3O4/c1-21(24-10-6-22(19-33)7-11-24)34-31(36)26-14-15-29-30(18-26)39-17-16-35(29)20-23-8-12-25(13-9-23)27-4-2-3-5-28(27)32(37)38/h2-15,18,21H,16-17,20H2,1H3,(H,34,36)(H,37,38)/t21-/m0/s1. The molecular formula is C32H27N3O4. The van der Waals surface area contributed by atoms with Gasteiger partial charge in [0.25, 0.3) is 5.91 Å². The normalized spacial score (nSPS) is 13.0. The van der Waals surface area contributed by atoms with Gasteiger partial charge in [0.2, 0.25) is 0 Å². The van der Waals surface area contributed by atoms with Crippen molar-refractivity contribution in [1.82, 2.24) is 5.32 Å². The molecule has 194 valence electrons. The van der Waals surface area contributed by atoms with Crippen molar-refractivity contribution in [2.75, 3.05) is 18.1 Å². The molecule has 5 rings (SSSR count). The number of hydrogen-bond acceptors (Lipinski definition) is 5. The lowest BCUT2D eigenvalue weighted by atomic mass is 9.98. The highest BCUT2D eigenvalue weighted by Crippen LogP contribution is 2.34. The molecule has 0 saturated carbocycles. The third-order valence-corrected chi connectivity index (χ3v) is 6.86. The van der Waals surface area contributed by atoms with Crippen molar-refractivity contribution < 1.29 is 19.4 Å². The maximum atomic E-state index is 13.0. The Labute approximate surface area is 226 Å². The molecule has 0 radical (unpaired) electrons. The number of anilines is 1. The van der Waals surface area contributed by atoms with Crippen LogP contribution in [0, 0.1) is 11.3 Å². The van der Waals surface area contributed by atoms with Crippen LogP contribution in [-0.4, -0.2) is 30.1 Å². The Hall–Kier alpha value is -5.09. The van der Waals surface area contributed by atoms with E-state index in [-0.39, 0.29) is 17.5 Å². The van der Waals surface area contributed by atoms with E-state index in [2.05, 4.69) is 16.3 Å². The maximum Gasteiger partial charge on any atom is 0.336 e. The molecule has 4 aromatic rings. The van der Waals surface area contributed by atoms with Crippen LogP contribution in [0.5, 0.6) is 5.75 Å². The molecule has 0 bridgehead atoms. The maximum absolute atomic E-state index is 13.0. The second kappa shape index (κ2) is 11.1. The number of rotatable bonds is 7. The number of nitrogens with one attached hydrogen (secondary N) is 1. The van der Waals surface area contributed by atoms with Gasteiger partial charge in [-0.2, -0.15) is 5.26 Å². The van der Waals surface area contributed by atoms with Crippen molar-refractivity contribution in [3.8, 4) is 22.9 Å². The van der Waals surface area contributed by atoms with E-state index in [0.29, 0.717) is 42.1 Å². The lowest BCUT2D eigenvalue weighted by Crippen LogP contribution is -2.32. The highest BCUT2D eigenvalue weighted by atomic mass is 16.5. The molecule has 1 aliphatic rings. The number of carboxylic acids is 1. The van der Waals surface area contributed by atoms with Gasteiger partial charge in [0.1, 0.15) is 12.4 Å². The average Bonchev–Trinajstić information content (AvgIpc) is 2.97. The summed E-state index contributed by atoms with van der Waals surface area (Å²) in [5, 5.41) is 21.5. The van der Waals surface area contributed by atoms with Gasteiger partial charge in [-0.25, -0.2) is 4.79 Å². The van der Waals surface area contributed by atoms with Crippen LogP contribution in [0.1, 0.15) is 50.4 Å². The summed E-state index contributed by atoms with van der Waals surface area (Å²) in [4.78, 5) is 26.8. The molecule has 1 heterocycles. The summed E-state index contributed by atoms with van der Waals surface area (Å²) in [6.07, 6.45) is 0. The molecule has 1 atom stereocenters. The Bertz CT molecular complexity index is 1560. The number of aromatic carboxylic acids is 1. The van der Waals surface area contributed by atoms with Crippen LogP contribution in [-0.2, 0) is 6.54 Å². The van der Waals surface area contributed by atoms with E-state index in [0.717, 1.165) is 22.4 Å². The van der Waals surface area contributed by atoms with Crippen molar-refractivity contribution in [2.45, 2.75) is 19.5 Å². The van der Waals surface area contributed by atoms with E-state index in [4.69, 9.17) is 10.00 Å². The number of carbonyl (C=O) groups is 2. The molecule has 2 N–H and O–H groups in total. The summed E-state index contributed by atoms with van der Waals surface area (Å²) in [7, 11) is 0. The van der Waals surface area contributed by atoms with Crippen molar-refractivity contribution >= 4 is 17.6 Å². The van der Waals surface area contributed by atoms with Crippen molar-refractivity contribution in [1.29, 1.82) is 5.26 Å². The van der Waals surface area contributed by atoms with Gasteiger partial charge in [-0.15, -0.1) is 0 Å². The first kappa shape index (κ1) is 25.6. The monoisotopic (exact) mass is 517 g/mol. The summed E-state index contributed by atoms with van der Waals surface area (Å²) in [6, 6.07) is 29.4. The number of carbonyl (C=O) groups excluding carboxylic acids is 1. The lowest BCUT2D eigenvalue weighted by molar-refractivity contribution is 0.0697. The number of fused-ring (bicyclic) bond motifs is 1. The fourth-order valence-electron chi connectivity index (χ4n) is 4.72. The first-order valence-electron chi connectivity index (χ1n) is 12.7. The molecule has 7 heteroatoms. The van der Waals surface area contributed by atoms with Crippen LogP contribution in [0.2, 0.25) is 0 Å². The molecule has 39 heavy (non-hydrogen) atoms. The van der Waals surface area contributed by atoms with Crippen molar-refractivity contribution in [3.05, 3.63) is 119 Å². The molecule has 0 aliphatic carbocycles. The average molecular weight is 518 g/mol. The van der Waals surface area contributed by atoms with E-state index in [9.17, 15) is 14.7 Å². The van der Waals surface area contributed by atoms with Gasteiger partial charge in [-0.3, -0.25) is 4.79 Å². The second-order valence-corrected chi connectivity index (χ2v) is 9.43. The van der Waals surface area contributed by atoms with Crippen LogP contribution < -0.4 is 15.0 Å². The smallest absolute Gasteiger partial charge is 0.336 e. The molecule has 0 saturated heterocycles. The third kappa shape index (κ3) is 5.60. The van der Waals surface area contributed by atoms with Crippen LogP contribution >= 0.6 is 0 Å². The van der Waals surface area contributed by atoms with Gasteiger partial charge in [-0.05, 0) is 65.6 Å². The zero-order valence-electron chi connectivity index (χ0n) is 21.4. The predicted octanol–water partition coefficient (Wildman–Crippen LogP) is 5.81. The number of benzene rings is 4. The Balaban J connectivity index is 1.28. The number of nitrogens with zero attached hydrogens (tertiary/aromatic N) is 2. The van der Waals surface area contributed by atoms with E-state index in [1.165, 1.54) is 0 Å². The summed E-state index contributed by atoms with van der Waals surface area (Å²) >= 11 is 0. The van der Waals surface area contributed by atoms with Gasteiger partial charge < -0.3 is 20.1 Å². The molecule has 1 aliphatic heterocycles. The third-order valence-electron chi connectivity index (χ3n) is 6.86. The molecule has 7 nitrogen and oxygen atoms in total. The highest BCUT2D eigenvalue weighted by Gasteiger charge is 2.21. The molecule has 0 fully saturated rings. The Morgan fingerprint density at radius 2 is 1.77 bits per heavy atom. The van der Waals surface area contributed by atoms with Gasteiger partial charge in [0.15, 0.2) is 0 Å². The number of ether oxygens (including phenoxy) is 1. The predicted molar refractivity (Wildman–Crippen MR) is 149 cm³/mol. The minimum Gasteiger partial charge on any atom is -0.490 e. The van der Waals surface area contributed by atoms with Gasteiger partial charge in [0, 0.05) is 12.1 Å². The van der Waals surface area contributed by atoms with E-state index >= 15 is 0 Å². The molecular weight excluding hydrogens is 490 g/mol. The molecule has 1 amide bonds. The van der Waals surface area contributed by atoms with Gasteiger partial charge in [0.05, 0.1) is 35.5 Å². The number of hydrogen-bond donors (Lipinski definition) is 2. The van der Waals surface area contributed by atoms with Crippen LogP contribution in [0.15, 0.2) is 91.0 Å². The minimum absolute atomic E-state index is 0.201. The zero-order valence-corrected chi connectivity index (χ0v) is 21.4. The van der Waals surface area contributed by atoms with Gasteiger partial charge >= 0.3 is 5.97 Å². The number of amides is 1. The van der Waals surface area contributed by atoms with E-state index in [1.807, 2.05) is 61.5 Å². The quantitative estimate of drug-likeness (QED) is 0.321. The number of nitriles is 1. The summed E-state index contributed by atoms with van der Waals surface area (Å²) in [5.74, 6) is -0.490. The Kier molecular flexibility index (Phi) is 7.28. The zero-order chi connectivity index (χ0) is 27.4. The molecule has 4 aromatic carbocycles. The fraction of sp³-hybridized carbons (Fsp3) is 0.156. The van der Waals surface area contributed by atoms with Crippen LogP contribution in [0.25, 0.3) is 11.1 Å². The molecule has 0 unspecified atom stereocenters. The Morgan fingerprint density at radius 1 is 1.03 bits per heavy atom. The van der Waals surface area contributed by atoms with Crippen molar-refractivity contribution in [2.24, 2.45) is 0 Å². The minimum atomic E-state index is -0.948. The second-order valence-electron chi connectivity index (χ2n) is 9.43.